The van der Waals surface area contributed by atoms with Gasteiger partial charge >= 0.3 is 11.9 Å². The molecule has 6 N–H and O–H groups in total. The summed E-state index contributed by atoms with van der Waals surface area (Å²) < 4.78 is 40.6. The van der Waals surface area contributed by atoms with Gasteiger partial charge in [-0.1, -0.05) is 0 Å². The van der Waals surface area contributed by atoms with Crippen LogP contribution < -0.4 is 25.8 Å². The lowest BCUT2D eigenvalue weighted by Crippen LogP contribution is -2.48. The number of hydrogen-bond donors (Lipinski definition) is 5. The zero-order chi connectivity index (χ0) is 39.6. The van der Waals surface area contributed by atoms with Gasteiger partial charge in [-0.25, -0.2) is 13.1 Å². The molecule has 0 aliphatic carbocycles. The molecule has 0 aromatic heterocycles. The number of aliphatic carboxylic acids is 1. The summed E-state index contributed by atoms with van der Waals surface area (Å²) in [5, 5.41) is 14.0. The second kappa shape index (κ2) is 18.4. The molecule has 1 aromatic rings. The third kappa shape index (κ3) is 13.3. The van der Waals surface area contributed by atoms with Gasteiger partial charge in [-0.05, 0) is 97.8 Å². The quantitative estimate of drug-likeness (QED) is 0.0631. The van der Waals surface area contributed by atoms with Crippen molar-refractivity contribution < 1.29 is 47.0 Å². The van der Waals surface area contributed by atoms with E-state index >= 15 is 0 Å². The first-order valence-electron chi connectivity index (χ1n) is 17.3. The fourth-order valence-electron chi connectivity index (χ4n) is 5.79. The predicted molar refractivity (Wildman–Crippen MR) is 194 cm³/mol. The topological polar surface area (TPSA) is 236 Å². The second-order valence-corrected chi connectivity index (χ2v) is 16.2. The monoisotopic (exact) mass is 752 g/mol. The summed E-state index contributed by atoms with van der Waals surface area (Å²) >= 11 is 0. The molecule has 0 fully saturated rings. The number of likely N-dealkylation sites (N-methyl/N-ethyl adjacent to an activating group) is 1. The highest BCUT2D eigenvalue weighted by atomic mass is 32.2. The van der Waals surface area contributed by atoms with Crippen LogP contribution in [0.5, 0.6) is 5.75 Å². The molecule has 16 nitrogen and oxygen atoms in total. The van der Waals surface area contributed by atoms with E-state index in [-0.39, 0.29) is 62.6 Å². The molecule has 1 aliphatic heterocycles. The van der Waals surface area contributed by atoms with Gasteiger partial charge in [0.1, 0.15) is 29.5 Å². The van der Waals surface area contributed by atoms with E-state index in [9.17, 15) is 32.4 Å². The molecule has 17 heteroatoms. The summed E-state index contributed by atoms with van der Waals surface area (Å²) in [6, 6.07) is -0.976. The third-order valence-electron chi connectivity index (χ3n) is 8.41. The summed E-state index contributed by atoms with van der Waals surface area (Å²) in [4.78, 5) is 66.7. The number of nitrogens with two attached hydrogens (primary N) is 1. The summed E-state index contributed by atoms with van der Waals surface area (Å²) in [7, 11) is -2.69. The van der Waals surface area contributed by atoms with Crippen LogP contribution in [0.25, 0.3) is 0 Å². The molecule has 0 bridgehead atoms. The Morgan fingerprint density at radius 3 is 2.27 bits per heavy atom. The molecule has 1 heterocycles. The van der Waals surface area contributed by atoms with Crippen molar-refractivity contribution in [2.45, 2.75) is 129 Å². The standard InChI is InChI=1S/C35H56N6O10S/c1-21-22(2)31(23(3)24-19-35(7,8)51-30(21)24)52(48,49)40-33(36)38-18-12-13-25(32(47)37-17-11-10-14-28(44)45)41(9)27(43)16-15-26(42)39-20-29(46)50-34(4,5)6/h25H,10-20H2,1-9H3,(H,37,47)(H,39,42)(H,44,45)(H3,36,38,40)/t25-/m0/s1. The minimum atomic E-state index is -4.12. The molecular weight excluding hydrogens is 696 g/mol. The highest BCUT2D eigenvalue weighted by molar-refractivity contribution is 7.90. The number of fused-ring (bicyclic) bond motifs is 1. The van der Waals surface area contributed by atoms with Gasteiger partial charge in [-0.15, -0.1) is 0 Å². The van der Waals surface area contributed by atoms with Crippen LogP contribution in [0.15, 0.2) is 9.89 Å². The van der Waals surface area contributed by atoms with Crippen molar-refractivity contribution >= 4 is 45.6 Å². The van der Waals surface area contributed by atoms with Gasteiger partial charge < -0.3 is 35.8 Å². The fourth-order valence-corrected chi connectivity index (χ4v) is 7.32. The Morgan fingerprint density at radius 2 is 1.65 bits per heavy atom. The maximum atomic E-state index is 13.5. The number of nitrogens with zero attached hydrogens (tertiary/aromatic N) is 2. The molecule has 1 aliphatic rings. The molecule has 2 rings (SSSR count). The van der Waals surface area contributed by atoms with Crippen LogP contribution in [0.1, 0.15) is 102 Å². The Bertz CT molecular complexity index is 1650. The Hall–Kier alpha value is -4.41. The van der Waals surface area contributed by atoms with Gasteiger partial charge in [0.25, 0.3) is 10.0 Å². The maximum Gasteiger partial charge on any atom is 0.325 e. The lowest BCUT2D eigenvalue weighted by molar-refractivity contribution is -0.154. The SMILES string of the molecule is Cc1c(C)c(S(=O)(=O)NC(N)=NCCC[C@@H](C(=O)NCCCCC(=O)O)N(C)C(=O)CCC(=O)NCC(=O)OC(C)(C)C)c(C)c2c1OC(C)(C)C2. The number of aliphatic imine (C=N–C) groups is 1. The van der Waals surface area contributed by atoms with Crippen LogP contribution in [0.4, 0.5) is 0 Å². The Kier molecular flexibility index (Phi) is 15.5. The summed E-state index contributed by atoms with van der Waals surface area (Å²) in [6.07, 6.45) is 1.15. The molecule has 1 aromatic carbocycles. The number of carbonyl (C=O) groups excluding carboxylic acids is 4. The molecule has 1 atom stereocenters. The predicted octanol–water partition coefficient (Wildman–Crippen LogP) is 2.13. The molecular formula is C35H56N6O10S. The number of nitrogens with one attached hydrogen (secondary N) is 3. The Morgan fingerprint density at radius 1 is 1.00 bits per heavy atom. The average molecular weight is 753 g/mol. The van der Waals surface area contributed by atoms with Crippen molar-refractivity contribution in [2.75, 3.05) is 26.7 Å². The van der Waals surface area contributed by atoms with Crippen molar-refractivity contribution in [3.8, 4) is 5.75 Å². The summed E-state index contributed by atoms with van der Waals surface area (Å²) in [6.45, 7) is 14.1. The third-order valence-corrected chi connectivity index (χ3v) is 10.0. The van der Waals surface area contributed by atoms with Crippen LogP contribution in [-0.4, -0.2) is 98.0 Å². The number of carboxylic acids is 1. The molecule has 0 unspecified atom stereocenters. The van der Waals surface area contributed by atoms with E-state index < -0.39 is 56.9 Å². The number of unbranched alkanes of at least 4 members (excludes halogenated alkanes) is 1. The molecule has 0 radical (unpaired) electrons. The van der Waals surface area contributed by atoms with Crippen LogP contribution in [0.3, 0.4) is 0 Å². The molecule has 0 saturated carbocycles. The van der Waals surface area contributed by atoms with E-state index in [0.717, 1.165) is 11.1 Å². The number of carboxylic acid groups (broad SMARTS) is 1. The van der Waals surface area contributed by atoms with E-state index in [2.05, 4.69) is 20.3 Å². The van der Waals surface area contributed by atoms with Gasteiger partial charge in [0.15, 0.2) is 0 Å². The highest BCUT2D eigenvalue weighted by Crippen LogP contribution is 2.43. The van der Waals surface area contributed by atoms with E-state index in [0.29, 0.717) is 36.1 Å². The number of benzene rings is 1. The first kappa shape index (κ1) is 43.8. The van der Waals surface area contributed by atoms with Gasteiger partial charge in [-0.3, -0.25) is 29.0 Å². The van der Waals surface area contributed by atoms with Crippen LogP contribution in [0, 0.1) is 20.8 Å². The van der Waals surface area contributed by atoms with E-state index in [1.807, 2.05) is 20.8 Å². The maximum absolute atomic E-state index is 13.5. The number of esters is 1. The van der Waals surface area contributed by atoms with Gasteiger partial charge in [-0.2, -0.15) is 0 Å². The molecule has 0 spiro atoms. The smallest absolute Gasteiger partial charge is 0.325 e. The zero-order valence-electron chi connectivity index (χ0n) is 31.9. The molecule has 3 amide bonds. The van der Waals surface area contributed by atoms with Crippen molar-refractivity contribution in [1.29, 1.82) is 0 Å². The fraction of sp³-hybridized carbons (Fsp3) is 0.657. The van der Waals surface area contributed by atoms with E-state index in [1.165, 1.54) is 11.9 Å². The number of sulfonamides is 1. The van der Waals surface area contributed by atoms with Crippen molar-refractivity contribution in [1.82, 2.24) is 20.3 Å². The van der Waals surface area contributed by atoms with E-state index in [4.69, 9.17) is 20.3 Å². The normalized spacial score (nSPS) is 14.4. The van der Waals surface area contributed by atoms with Crippen molar-refractivity contribution in [3.63, 3.8) is 0 Å². The minimum Gasteiger partial charge on any atom is -0.487 e. The number of guanidine groups is 1. The highest BCUT2D eigenvalue weighted by Gasteiger charge is 2.37. The molecule has 52 heavy (non-hydrogen) atoms. The van der Waals surface area contributed by atoms with Gasteiger partial charge in [0, 0.05) is 51.4 Å². The summed E-state index contributed by atoms with van der Waals surface area (Å²) in [5.74, 6) is -2.74. The first-order valence-corrected chi connectivity index (χ1v) is 18.8. The largest absolute Gasteiger partial charge is 0.487 e. The van der Waals surface area contributed by atoms with Gasteiger partial charge in [0.05, 0.1) is 4.90 Å². The van der Waals surface area contributed by atoms with Crippen molar-refractivity contribution in [2.24, 2.45) is 10.7 Å². The lowest BCUT2D eigenvalue weighted by Gasteiger charge is -2.27. The van der Waals surface area contributed by atoms with Crippen molar-refractivity contribution in [3.05, 3.63) is 22.3 Å². The summed E-state index contributed by atoms with van der Waals surface area (Å²) in [5.41, 5.74) is 7.51. The number of ether oxygens (including phenoxy) is 2. The number of amides is 3. The lowest BCUT2D eigenvalue weighted by atomic mass is 9.94. The molecule has 292 valence electrons. The number of rotatable bonds is 18. The number of hydrogen-bond acceptors (Lipinski definition) is 10. The average Bonchev–Trinajstić information content (AvgIpc) is 3.35. The second-order valence-electron chi connectivity index (χ2n) is 14.6. The Labute approximate surface area is 306 Å². The van der Waals surface area contributed by atoms with Crippen LogP contribution >= 0.6 is 0 Å². The van der Waals surface area contributed by atoms with E-state index in [1.54, 1.807) is 34.6 Å². The van der Waals surface area contributed by atoms with Crippen LogP contribution in [0.2, 0.25) is 0 Å². The van der Waals surface area contributed by atoms with Crippen LogP contribution in [-0.2, 0) is 45.2 Å². The van der Waals surface area contributed by atoms with Gasteiger partial charge in [0.2, 0.25) is 23.7 Å². The number of carbonyl (C=O) groups is 5. The minimum absolute atomic E-state index is 0.0229. The zero-order valence-corrected chi connectivity index (χ0v) is 32.7. The Balaban J connectivity index is 2.07. The first-order chi connectivity index (χ1) is 24.0. The molecule has 0 saturated heterocycles.